The molecule has 4 heteroatoms. The van der Waals surface area contributed by atoms with E-state index in [0.29, 0.717) is 6.04 Å². The molecule has 0 saturated carbocycles. The molecule has 2 heterocycles. The Morgan fingerprint density at radius 2 is 2.16 bits per heavy atom. The van der Waals surface area contributed by atoms with Crippen molar-refractivity contribution >= 4 is 11.3 Å². The number of aromatic nitrogens is 1. The fourth-order valence-electron chi connectivity index (χ4n) is 2.76. The van der Waals surface area contributed by atoms with Crippen molar-refractivity contribution in [1.29, 1.82) is 0 Å². The summed E-state index contributed by atoms with van der Waals surface area (Å²) in [6.07, 6.45) is 3.65. The van der Waals surface area contributed by atoms with E-state index in [9.17, 15) is 0 Å². The molecule has 1 aliphatic heterocycles. The Morgan fingerprint density at radius 3 is 2.74 bits per heavy atom. The van der Waals surface area contributed by atoms with Crippen molar-refractivity contribution in [2.24, 2.45) is 5.92 Å². The quantitative estimate of drug-likeness (QED) is 0.869. The number of aryl methyl sites for hydroxylation is 1. The lowest BCUT2D eigenvalue weighted by Crippen LogP contribution is -2.44. The molecule has 0 amide bonds. The topological polar surface area (TPSA) is 28.2 Å². The van der Waals surface area contributed by atoms with E-state index in [4.69, 9.17) is 0 Å². The molecule has 1 aromatic rings. The van der Waals surface area contributed by atoms with Crippen LogP contribution in [0.3, 0.4) is 0 Å². The van der Waals surface area contributed by atoms with Gasteiger partial charge in [0, 0.05) is 30.9 Å². The number of hydrogen-bond acceptors (Lipinski definition) is 4. The second-order valence-electron chi connectivity index (χ2n) is 6.03. The lowest BCUT2D eigenvalue weighted by atomic mass is 10.0. The number of hydrogen-bond donors (Lipinski definition) is 1. The van der Waals surface area contributed by atoms with Gasteiger partial charge in [-0.1, -0.05) is 13.8 Å². The SMILES string of the molecule is Cc1nc(CCNC2CCN(CC(C)C)CC2)cs1. The minimum Gasteiger partial charge on any atom is -0.313 e. The monoisotopic (exact) mass is 281 g/mol. The Bertz CT molecular complexity index is 367. The summed E-state index contributed by atoms with van der Waals surface area (Å²) in [6, 6.07) is 0.711. The van der Waals surface area contributed by atoms with Crippen LogP contribution in [0.4, 0.5) is 0 Å². The van der Waals surface area contributed by atoms with Gasteiger partial charge in [-0.15, -0.1) is 11.3 Å². The van der Waals surface area contributed by atoms with Crippen LogP contribution in [0.2, 0.25) is 0 Å². The predicted octanol–water partition coefficient (Wildman–Crippen LogP) is 2.70. The van der Waals surface area contributed by atoms with Gasteiger partial charge in [0.2, 0.25) is 0 Å². The standard InChI is InChI=1S/C15H27N3S/c1-12(2)10-18-8-5-14(6-9-18)16-7-4-15-11-19-13(3)17-15/h11-12,14,16H,4-10H2,1-3H3. The zero-order chi connectivity index (χ0) is 13.7. The third-order valence-electron chi connectivity index (χ3n) is 3.69. The lowest BCUT2D eigenvalue weighted by Gasteiger charge is -2.33. The molecule has 0 radical (unpaired) electrons. The first-order chi connectivity index (χ1) is 9.13. The third kappa shape index (κ3) is 5.21. The van der Waals surface area contributed by atoms with E-state index >= 15 is 0 Å². The molecule has 1 N–H and O–H groups in total. The molecular weight excluding hydrogens is 254 g/mol. The van der Waals surface area contributed by atoms with Crippen LogP contribution in [0.1, 0.15) is 37.4 Å². The van der Waals surface area contributed by atoms with Gasteiger partial charge in [-0.2, -0.15) is 0 Å². The van der Waals surface area contributed by atoms with Crippen LogP contribution in [0.15, 0.2) is 5.38 Å². The Labute approximate surface area is 121 Å². The van der Waals surface area contributed by atoms with E-state index in [-0.39, 0.29) is 0 Å². The molecule has 1 fully saturated rings. The van der Waals surface area contributed by atoms with Crippen LogP contribution in [0, 0.1) is 12.8 Å². The largest absolute Gasteiger partial charge is 0.313 e. The van der Waals surface area contributed by atoms with Crippen molar-refractivity contribution in [2.75, 3.05) is 26.2 Å². The fourth-order valence-corrected chi connectivity index (χ4v) is 3.41. The van der Waals surface area contributed by atoms with Crippen LogP contribution in [0.25, 0.3) is 0 Å². The molecule has 1 aromatic heterocycles. The Kier molecular flexibility index (Phi) is 5.79. The molecule has 0 unspecified atom stereocenters. The third-order valence-corrected chi connectivity index (χ3v) is 4.51. The van der Waals surface area contributed by atoms with Gasteiger partial charge in [0.1, 0.15) is 0 Å². The molecule has 0 spiro atoms. The summed E-state index contributed by atoms with van der Waals surface area (Å²) in [6.45, 7) is 11.5. The van der Waals surface area contributed by atoms with Gasteiger partial charge in [0.15, 0.2) is 0 Å². The summed E-state index contributed by atoms with van der Waals surface area (Å²) in [5, 5.41) is 7.05. The maximum absolute atomic E-state index is 4.51. The number of piperidine rings is 1. The second-order valence-corrected chi connectivity index (χ2v) is 7.09. The van der Waals surface area contributed by atoms with Gasteiger partial charge in [-0.05, 0) is 38.8 Å². The van der Waals surface area contributed by atoms with Crippen LogP contribution in [0.5, 0.6) is 0 Å². The Balaban J connectivity index is 1.60. The van der Waals surface area contributed by atoms with Gasteiger partial charge in [0.25, 0.3) is 0 Å². The average Bonchev–Trinajstić information content (AvgIpc) is 2.77. The molecule has 1 aliphatic rings. The van der Waals surface area contributed by atoms with Gasteiger partial charge in [-0.25, -0.2) is 4.98 Å². The highest BCUT2D eigenvalue weighted by molar-refractivity contribution is 7.09. The molecular formula is C15H27N3S. The molecule has 1 saturated heterocycles. The zero-order valence-electron chi connectivity index (χ0n) is 12.5. The number of nitrogens with one attached hydrogen (secondary N) is 1. The van der Waals surface area contributed by atoms with E-state index < -0.39 is 0 Å². The van der Waals surface area contributed by atoms with Crippen LogP contribution < -0.4 is 5.32 Å². The maximum atomic E-state index is 4.51. The molecule has 0 aliphatic carbocycles. The zero-order valence-corrected chi connectivity index (χ0v) is 13.3. The minimum absolute atomic E-state index is 0.711. The summed E-state index contributed by atoms with van der Waals surface area (Å²) < 4.78 is 0. The van der Waals surface area contributed by atoms with Crippen LogP contribution >= 0.6 is 11.3 Å². The Hall–Kier alpha value is -0.450. The van der Waals surface area contributed by atoms with Crippen LogP contribution in [-0.2, 0) is 6.42 Å². The summed E-state index contributed by atoms with van der Waals surface area (Å²) in [5.41, 5.74) is 1.24. The van der Waals surface area contributed by atoms with E-state index in [1.165, 1.54) is 43.2 Å². The summed E-state index contributed by atoms with van der Waals surface area (Å²) in [5.74, 6) is 0.789. The van der Waals surface area contributed by atoms with E-state index in [1.807, 2.05) is 0 Å². The average molecular weight is 281 g/mol. The first-order valence-corrected chi connectivity index (χ1v) is 8.38. The minimum atomic E-state index is 0.711. The molecule has 19 heavy (non-hydrogen) atoms. The number of rotatable bonds is 6. The Morgan fingerprint density at radius 1 is 1.42 bits per heavy atom. The highest BCUT2D eigenvalue weighted by atomic mass is 32.1. The lowest BCUT2D eigenvalue weighted by molar-refractivity contribution is 0.180. The number of thiazole rings is 1. The van der Waals surface area contributed by atoms with E-state index in [1.54, 1.807) is 11.3 Å². The number of nitrogens with zero attached hydrogens (tertiary/aromatic N) is 2. The normalized spacial score (nSPS) is 18.3. The maximum Gasteiger partial charge on any atom is 0.0897 e. The van der Waals surface area contributed by atoms with E-state index in [2.05, 4.69) is 41.4 Å². The van der Waals surface area contributed by atoms with Gasteiger partial charge in [0.05, 0.1) is 10.7 Å². The molecule has 0 bridgehead atoms. The second kappa shape index (κ2) is 7.36. The van der Waals surface area contributed by atoms with Crippen molar-refractivity contribution < 1.29 is 0 Å². The van der Waals surface area contributed by atoms with E-state index in [0.717, 1.165) is 18.9 Å². The summed E-state index contributed by atoms with van der Waals surface area (Å²) in [7, 11) is 0. The highest BCUT2D eigenvalue weighted by Crippen LogP contribution is 2.12. The fraction of sp³-hybridized carbons (Fsp3) is 0.800. The van der Waals surface area contributed by atoms with Crippen molar-refractivity contribution in [3.8, 4) is 0 Å². The smallest absolute Gasteiger partial charge is 0.0897 e. The predicted molar refractivity (Wildman–Crippen MR) is 82.9 cm³/mol. The van der Waals surface area contributed by atoms with Crippen molar-refractivity contribution in [3.05, 3.63) is 16.1 Å². The molecule has 2 rings (SSSR count). The van der Waals surface area contributed by atoms with Crippen LogP contribution in [-0.4, -0.2) is 42.1 Å². The molecule has 3 nitrogen and oxygen atoms in total. The summed E-state index contributed by atoms with van der Waals surface area (Å²) in [4.78, 5) is 7.11. The first kappa shape index (κ1) is 14.9. The van der Waals surface area contributed by atoms with Gasteiger partial charge >= 0.3 is 0 Å². The van der Waals surface area contributed by atoms with Gasteiger partial charge in [-0.3, -0.25) is 0 Å². The molecule has 108 valence electrons. The van der Waals surface area contributed by atoms with Gasteiger partial charge < -0.3 is 10.2 Å². The molecule has 0 aromatic carbocycles. The molecule has 0 atom stereocenters. The number of likely N-dealkylation sites (tertiary alicyclic amines) is 1. The van der Waals surface area contributed by atoms with Crippen molar-refractivity contribution in [2.45, 2.75) is 46.1 Å². The highest BCUT2D eigenvalue weighted by Gasteiger charge is 2.18. The summed E-state index contributed by atoms with van der Waals surface area (Å²) >= 11 is 1.75. The van der Waals surface area contributed by atoms with Crippen molar-refractivity contribution in [1.82, 2.24) is 15.2 Å². The first-order valence-electron chi connectivity index (χ1n) is 7.50. The van der Waals surface area contributed by atoms with Crippen molar-refractivity contribution in [3.63, 3.8) is 0 Å².